The summed E-state index contributed by atoms with van der Waals surface area (Å²) in [4.78, 5) is 0. The van der Waals surface area contributed by atoms with Crippen LogP contribution in [0.15, 0.2) is 28.7 Å². The van der Waals surface area contributed by atoms with Gasteiger partial charge in [0.2, 0.25) is 8.32 Å². The summed E-state index contributed by atoms with van der Waals surface area (Å²) in [6.07, 6.45) is 4.19. The summed E-state index contributed by atoms with van der Waals surface area (Å²) in [5.41, 5.74) is 3.24. The summed E-state index contributed by atoms with van der Waals surface area (Å²) in [6, 6.07) is 8.64. The second-order valence-corrected chi connectivity index (χ2v) is 14.4. The van der Waals surface area contributed by atoms with Crippen molar-refractivity contribution in [3.63, 3.8) is 0 Å². The Labute approximate surface area is 152 Å². The van der Waals surface area contributed by atoms with Crippen LogP contribution in [0.1, 0.15) is 72.5 Å². The maximum absolute atomic E-state index is 7.15. The lowest BCUT2D eigenvalue weighted by molar-refractivity contribution is 0.159. The molecule has 1 aliphatic carbocycles. The first-order valence-electron chi connectivity index (χ1n) is 9.21. The average molecular weight is 397 g/mol. The fraction of sp³-hybridized carbons (Fsp3) is 0.700. The first-order valence-corrected chi connectivity index (χ1v) is 12.1. The van der Waals surface area contributed by atoms with Crippen LogP contribution in [0, 0.1) is 5.92 Å². The monoisotopic (exact) mass is 396 g/mol. The fourth-order valence-electron chi connectivity index (χ4n) is 4.29. The molecular formula is C20H33BrOSi. The first kappa shape index (κ1) is 19.2. The molecule has 2 rings (SSSR count). The van der Waals surface area contributed by atoms with Crippen molar-refractivity contribution in [2.75, 3.05) is 0 Å². The Morgan fingerprint density at radius 3 is 1.96 bits per heavy atom. The summed E-state index contributed by atoms with van der Waals surface area (Å²) >= 11 is 3.76. The van der Waals surface area contributed by atoms with E-state index < -0.39 is 8.32 Å². The molecule has 1 nitrogen and oxygen atoms in total. The van der Waals surface area contributed by atoms with Crippen molar-refractivity contribution in [1.29, 1.82) is 0 Å². The molecule has 1 unspecified atom stereocenters. The normalized spacial score (nSPS) is 17.3. The largest absolute Gasteiger partial charge is 0.409 e. The molecule has 0 bridgehead atoms. The third-order valence-corrected chi connectivity index (χ3v) is 12.4. The minimum atomic E-state index is -1.86. The lowest BCUT2D eigenvalue weighted by Crippen LogP contribution is -2.48. The smallest absolute Gasteiger partial charge is 0.201 e. The minimum Gasteiger partial charge on any atom is -0.409 e. The molecule has 23 heavy (non-hydrogen) atoms. The van der Waals surface area contributed by atoms with E-state index in [1.54, 1.807) is 0 Å². The van der Waals surface area contributed by atoms with Gasteiger partial charge < -0.3 is 4.43 Å². The summed E-state index contributed by atoms with van der Waals surface area (Å²) < 4.78 is 8.35. The molecule has 0 N–H and O–H groups in total. The van der Waals surface area contributed by atoms with E-state index in [9.17, 15) is 0 Å². The maximum atomic E-state index is 7.15. The molecule has 1 aliphatic rings. The molecule has 0 aromatic heterocycles. The van der Waals surface area contributed by atoms with Crippen molar-refractivity contribution in [2.24, 2.45) is 5.92 Å². The van der Waals surface area contributed by atoms with E-state index in [2.05, 4.69) is 81.7 Å². The molecule has 0 saturated heterocycles. The van der Waals surface area contributed by atoms with Gasteiger partial charge in [0.15, 0.2) is 0 Å². The fourth-order valence-corrected chi connectivity index (χ4v) is 10.4. The molecule has 1 atom stereocenters. The Morgan fingerprint density at radius 2 is 1.52 bits per heavy atom. The van der Waals surface area contributed by atoms with Crippen LogP contribution < -0.4 is 0 Å². The van der Waals surface area contributed by atoms with Gasteiger partial charge in [-0.2, -0.15) is 0 Å². The lowest BCUT2D eigenvalue weighted by Gasteiger charge is -2.45. The number of benzene rings is 1. The van der Waals surface area contributed by atoms with Crippen molar-refractivity contribution < 1.29 is 4.43 Å². The number of halogens is 1. The van der Waals surface area contributed by atoms with Crippen LogP contribution in [0.25, 0.3) is 0 Å². The number of hydrogen-bond acceptors (Lipinski definition) is 1. The van der Waals surface area contributed by atoms with Gasteiger partial charge in [0.25, 0.3) is 0 Å². The van der Waals surface area contributed by atoms with Crippen LogP contribution >= 0.6 is 15.9 Å². The van der Waals surface area contributed by atoms with Crippen LogP contribution in [0.5, 0.6) is 0 Å². The van der Waals surface area contributed by atoms with Gasteiger partial charge >= 0.3 is 0 Å². The molecule has 0 aliphatic heterocycles. The van der Waals surface area contributed by atoms with Gasteiger partial charge in [-0.15, -0.1) is 0 Å². The van der Waals surface area contributed by atoms with Gasteiger partial charge in [-0.3, -0.25) is 0 Å². The zero-order valence-electron chi connectivity index (χ0n) is 15.6. The highest BCUT2D eigenvalue weighted by atomic mass is 79.9. The highest BCUT2D eigenvalue weighted by molar-refractivity contribution is 9.10. The molecule has 1 aromatic carbocycles. The van der Waals surface area contributed by atoms with Gasteiger partial charge in [0.05, 0.1) is 6.10 Å². The van der Waals surface area contributed by atoms with E-state index in [0.29, 0.717) is 16.6 Å². The van der Waals surface area contributed by atoms with Crippen LogP contribution in [0.3, 0.4) is 0 Å². The molecule has 130 valence electrons. The van der Waals surface area contributed by atoms with Crippen molar-refractivity contribution >= 4 is 24.2 Å². The van der Waals surface area contributed by atoms with Gasteiger partial charge in [0, 0.05) is 4.47 Å². The second kappa shape index (κ2) is 7.84. The zero-order chi connectivity index (χ0) is 17.2. The summed E-state index contributed by atoms with van der Waals surface area (Å²) in [5.74, 6) is 0.866. The molecule has 1 fully saturated rings. The van der Waals surface area contributed by atoms with E-state index >= 15 is 0 Å². The Balaban J connectivity index is 2.36. The van der Waals surface area contributed by atoms with Crippen LogP contribution in [0.2, 0.25) is 16.6 Å². The number of hydrogen-bond donors (Lipinski definition) is 0. The minimum absolute atomic E-state index is 0.247. The van der Waals surface area contributed by atoms with Crippen molar-refractivity contribution in [1.82, 2.24) is 0 Å². The third-order valence-electron chi connectivity index (χ3n) is 5.55. The molecule has 1 saturated carbocycles. The van der Waals surface area contributed by atoms with Gasteiger partial charge in [-0.25, -0.2) is 0 Å². The van der Waals surface area contributed by atoms with E-state index in [0.717, 1.165) is 5.92 Å². The molecule has 0 heterocycles. The first-order chi connectivity index (χ1) is 10.8. The highest BCUT2D eigenvalue weighted by Crippen LogP contribution is 2.49. The second-order valence-electron chi connectivity index (χ2n) is 8.12. The lowest BCUT2D eigenvalue weighted by atomic mass is 10.0. The third kappa shape index (κ3) is 4.29. The molecule has 1 aromatic rings. The predicted octanol–water partition coefficient (Wildman–Crippen LogP) is 7.48. The van der Waals surface area contributed by atoms with Crippen LogP contribution in [-0.4, -0.2) is 8.32 Å². The standard InChI is InChI=1S/C20H33BrOSi/c1-14(2)23(15(3)4,16(5)6)22-20(13-17-11-12-17)18-9-7-8-10-19(18)21/h7-10,14-17,20H,11-13H2,1-6H3. The average Bonchev–Trinajstić information content (AvgIpc) is 3.26. The quantitative estimate of drug-likeness (QED) is 0.413. The Bertz CT molecular complexity index is 486. The summed E-state index contributed by atoms with van der Waals surface area (Å²) in [5, 5.41) is 0. The zero-order valence-corrected chi connectivity index (χ0v) is 18.2. The highest BCUT2D eigenvalue weighted by Gasteiger charge is 2.47. The van der Waals surface area contributed by atoms with Crippen molar-refractivity contribution in [3.05, 3.63) is 34.3 Å². The molecule has 0 radical (unpaired) electrons. The SMILES string of the molecule is CC(C)[Si](OC(CC1CC1)c1ccccc1Br)(C(C)C)C(C)C. The predicted molar refractivity (Wildman–Crippen MR) is 106 cm³/mol. The van der Waals surface area contributed by atoms with Gasteiger partial charge in [-0.05, 0) is 40.6 Å². The van der Waals surface area contributed by atoms with Crippen LogP contribution in [-0.2, 0) is 4.43 Å². The molecule has 0 amide bonds. The van der Waals surface area contributed by atoms with Crippen molar-refractivity contribution in [2.45, 2.75) is 83.5 Å². The maximum Gasteiger partial charge on any atom is 0.201 e. The van der Waals surface area contributed by atoms with E-state index in [1.165, 1.54) is 29.3 Å². The Morgan fingerprint density at radius 1 is 1.00 bits per heavy atom. The summed E-state index contributed by atoms with van der Waals surface area (Å²) in [6.45, 7) is 14.3. The van der Waals surface area contributed by atoms with E-state index in [-0.39, 0.29) is 6.10 Å². The van der Waals surface area contributed by atoms with Crippen molar-refractivity contribution in [3.8, 4) is 0 Å². The summed E-state index contributed by atoms with van der Waals surface area (Å²) in [7, 11) is -1.86. The van der Waals surface area contributed by atoms with E-state index in [4.69, 9.17) is 4.43 Å². The molecule has 3 heteroatoms. The van der Waals surface area contributed by atoms with Crippen LogP contribution in [0.4, 0.5) is 0 Å². The molecular weight excluding hydrogens is 364 g/mol. The van der Waals surface area contributed by atoms with Gasteiger partial charge in [0.1, 0.15) is 0 Å². The van der Waals surface area contributed by atoms with Gasteiger partial charge in [-0.1, -0.05) is 88.5 Å². The number of rotatable bonds is 8. The Hall–Kier alpha value is -0.123. The topological polar surface area (TPSA) is 9.23 Å². The van der Waals surface area contributed by atoms with E-state index in [1.807, 2.05) is 0 Å². The molecule has 0 spiro atoms. The Kier molecular flexibility index (Phi) is 6.55.